The van der Waals surface area contributed by atoms with Gasteiger partial charge in [-0.25, -0.2) is 9.97 Å². The van der Waals surface area contributed by atoms with E-state index < -0.39 is 11.2 Å². The average Bonchev–Trinajstić information content (AvgIpc) is 3.09. The molecule has 0 aromatic carbocycles. The number of pyridine rings is 1. The van der Waals surface area contributed by atoms with Gasteiger partial charge in [0, 0.05) is 0 Å². The number of ether oxygens (including phenoxy) is 2. The molecule has 3 aliphatic rings. The van der Waals surface area contributed by atoms with Gasteiger partial charge in [-0.05, 0) is 38.7 Å². The van der Waals surface area contributed by atoms with Crippen molar-refractivity contribution in [1.82, 2.24) is 14.5 Å². The van der Waals surface area contributed by atoms with E-state index in [2.05, 4.69) is 9.97 Å². The summed E-state index contributed by atoms with van der Waals surface area (Å²) in [5.41, 5.74) is 0.717. The van der Waals surface area contributed by atoms with Crippen LogP contribution < -0.4 is 0 Å². The van der Waals surface area contributed by atoms with Crippen LogP contribution in [0.3, 0.4) is 0 Å². The largest absolute Gasteiger partial charge is 0.343 e. The Morgan fingerprint density at radius 1 is 1.36 bits per heavy atom. The molecule has 1 aliphatic heterocycles. The van der Waals surface area contributed by atoms with Crippen LogP contribution in [0.5, 0.6) is 0 Å². The van der Waals surface area contributed by atoms with Gasteiger partial charge in [0.15, 0.2) is 11.4 Å². The second-order valence-electron chi connectivity index (χ2n) is 7.64. The highest BCUT2D eigenvalue weighted by Gasteiger charge is 2.71. The Hall–Kier alpha value is -1.21. The molecule has 1 saturated heterocycles. The SMILES string of the molecule is CC1(C)O[C@H]2[C@H](n3cnc4c(Cl)cc(Cl)nc43)[C@H]3CC[C@@]3(C=O)[C@H]2O1. The molecule has 2 aromatic heterocycles. The van der Waals surface area contributed by atoms with Crippen LogP contribution in [0.1, 0.15) is 32.7 Å². The van der Waals surface area contributed by atoms with Crippen LogP contribution >= 0.6 is 23.2 Å². The van der Waals surface area contributed by atoms with Crippen molar-refractivity contribution in [1.29, 1.82) is 0 Å². The number of fused-ring (bicyclic) bond motifs is 4. The molecule has 0 bridgehead atoms. The average molecular weight is 382 g/mol. The van der Waals surface area contributed by atoms with Crippen LogP contribution in [0.4, 0.5) is 0 Å². The molecule has 3 fully saturated rings. The third kappa shape index (κ3) is 1.97. The van der Waals surface area contributed by atoms with E-state index in [0.29, 0.717) is 21.3 Å². The monoisotopic (exact) mass is 381 g/mol. The van der Waals surface area contributed by atoms with E-state index in [1.54, 1.807) is 12.4 Å². The van der Waals surface area contributed by atoms with E-state index in [1.807, 2.05) is 18.4 Å². The van der Waals surface area contributed by atoms with Crippen LogP contribution in [0, 0.1) is 11.3 Å². The first-order chi connectivity index (χ1) is 11.9. The van der Waals surface area contributed by atoms with Gasteiger partial charge in [-0.3, -0.25) is 0 Å². The van der Waals surface area contributed by atoms with Gasteiger partial charge in [0.25, 0.3) is 0 Å². The van der Waals surface area contributed by atoms with E-state index >= 15 is 0 Å². The predicted molar refractivity (Wildman–Crippen MR) is 91.6 cm³/mol. The first-order valence-electron chi connectivity index (χ1n) is 8.37. The van der Waals surface area contributed by atoms with Crippen molar-refractivity contribution in [2.75, 3.05) is 0 Å². The summed E-state index contributed by atoms with van der Waals surface area (Å²) in [5, 5.41) is 0.774. The zero-order valence-corrected chi connectivity index (χ0v) is 15.3. The number of halogens is 2. The van der Waals surface area contributed by atoms with Crippen LogP contribution in [0.2, 0.25) is 10.2 Å². The Labute approximate surface area is 154 Å². The number of hydrogen-bond donors (Lipinski definition) is 0. The Morgan fingerprint density at radius 3 is 2.84 bits per heavy atom. The molecule has 2 saturated carbocycles. The Kier molecular flexibility index (Phi) is 3.16. The van der Waals surface area contributed by atoms with Crippen molar-refractivity contribution in [2.45, 2.75) is 50.7 Å². The van der Waals surface area contributed by atoms with E-state index in [0.717, 1.165) is 19.1 Å². The fourth-order valence-corrected chi connectivity index (χ4v) is 5.38. The zero-order valence-electron chi connectivity index (χ0n) is 13.8. The minimum absolute atomic E-state index is 0.0854. The fraction of sp³-hybridized carbons (Fsp3) is 0.588. The molecule has 3 heterocycles. The summed E-state index contributed by atoms with van der Waals surface area (Å²) in [6, 6.07) is 1.50. The minimum Gasteiger partial charge on any atom is -0.343 e. The summed E-state index contributed by atoms with van der Waals surface area (Å²) in [4.78, 5) is 20.8. The van der Waals surface area contributed by atoms with Crippen molar-refractivity contribution in [3.8, 4) is 0 Å². The molecule has 8 heteroatoms. The molecule has 6 nitrogen and oxygen atoms in total. The number of imidazole rings is 1. The van der Waals surface area contributed by atoms with Gasteiger partial charge in [0.1, 0.15) is 29.2 Å². The van der Waals surface area contributed by atoms with E-state index in [-0.39, 0.29) is 24.2 Å². The zero-order chi connectivity index (χ0) is 17.6. The summed E-state index contributed by atoms with van der Waals surface area (Å²) < 4.78 is 14.3. The van der Waals surface area contributed by atoms with Gasteiger partial charge in [-0.2, -0.15) is 0 Å². The predicted octanol–water partition coefficient (Wildman–Crippen LogP) is 3.41. The van der Waals surface area contributed by atoms with Crippen molar-refractivity contribution >= 4 is 40.7 Å². The molecule has 132 valence electrons. The molecule has 5 rings (SSSR count). The second-order valence-corrected chi connectivity index (χ2v) is 8.43. The van der Waals surface area contributed by atoms with E-state index in [4.69, 9.17) is 32.7 Å². The number of nitrogens with zero attached hydrogens (tertiary/aromatic N) is 3. The van der Waals surface area contributed by atoms with Crippen molar-refractivity contribution < 1.29 is 14.3 Å². The summed E-state index contributed by atoms with van der Waals surface area (Å²) in [7, 11) is 0. The summed E-state index contributed by atoms with van der Waals surface area (Å²) in [6.45, 7) is 3.76. The molecule has 0 radical (unpaired) electrons. The van der Waals surface area contributed by atoms with Crippen LogP contribution in [-0.2, 0) is 14.3 Å². The summed E-state index contributed by atoms with van der Waals surface area (Å²) in [6.07, 6.45) is 4.06. The van der Waals surface area contributed by atoms with Gasteiger partial charge < -0.3 is 18.8 Å². The molecule has 0 unspecified atom stereocenters. The van der Waals surface area contributed by atoms with Gasteiger partial charge in [0.2, 0.25) is 0 Å². The minimum atomic E-state index is -0.719. The molecule has 25 heavy (non-hydrogen) atoms. The third-order valence-corrected chi connectivity index (χ3v) is 6.46. The van der Waals surface area contributed by atoms with Gasteiger partial charge in [-0.1, -0.05) is 23.2 Å². The number of carbonyl (C=O) groups is 1. The normalized spacial score (nSPS) is 38.4. The highest BCUT2D eigenvalue weighted by Crippen LogP contribution is 2.65. The maximum absolute atomic E-state index is 12.0. The standard InChI is InChI=1S/C17H17Cl2N3O3/c1-16(2)24-13-12(8-3-4-17(8,6-23)14(13)25-16)22-7-20-11-9(18)5-10(19)21-15(11)22/h5-8,12-14H,3-4H2,1-2H3/t8-,12-,13+,14+,17+/m1/s1. The smallest absolute Gasteiger partial charge is 0.163 e. The van der Waals surface area contributed by atoms with Gasteiger partial charge >= 0.3 is 0 Å². The molecule has 5 atom stereocenters. The van der Waals surface area contributed by atoms with E-state index in [9.17, 15) is 4.79 Å². The number of carbonyl (C=O) groups excluding carboxylic acids is 1. The Balaban J connectivity index is 1.68. The third-order valence-electron chi connectivity index (χ3n) is 5.98. The fourth-order valence-electron chi connectivity index (χ4n) is 4.89. The molecular weight excluding hydrogens is 365 g/mol. The lowest BCUT2D eigenvalue weighted by atomic mass is 9.61. The number of hydrogen-bond acceptors (Lipinski definition) is 5. The van der Waals surface area contributed by atoms with Crippen LogP contribution in [-0.4, -0.2) is 38.8 Å². The highest BCUT2D eigenvalue weighted by atomic mass is 35.5. The maximum Gasteiger partial charge on any atom is 0.163 e. The molecule has 0 spiro atoms. The van der Waals surface area contributed by atoms with E-state index in [1.165, 1.54) is 0 Å². The first kappa shape index (κ1) is 16.0. The Bertz CT molecular complexity index is 899. The van der Waals surface area contributed by atoms with Crippen LogP contribution in [0.15, 0.2) is 12.4 Å². The summed E-state index contributed by atoms with van der Waals surface area (Å²) >= 11 is 12.4. The second kappa shape index (κ2) is 4.94. The number of aromatic nitrogens is 3. The molecule has 2 aliphatic carbocycles. The van der Waals surface area contributed by atoms with Crippen molar-refractivity contribution in [3.05, 3.63) is 22.6 Å². The quantitative estimate of drug-likeness (QED) is 0.588. The number of aldehydes is 1. The molecular formula is C17H17Cl2N3O3. The summed E-state index contributed by atoms with van der Waals surface area (Å²) in [5.74, 6) is -0.587. The lowest BCUT2D eigenvalue weighted by Gasteiger charge is -2.45. The van der Waals surface area contributed by atoms with Crippen molar-refractivity contribution in [3.63, 3.8) is 0 Å². The van der Waals surface area contributed by atoms with Crippen LogP contribution in [0.25, 0.3) is 11.2 Å². The first-order valence-corrected chi connectivity index (χ1v) is 9.12. The lowest BCUT2D eigenvalue weighted by molar-refractivity contribution is -0.189. The lowest BCUT2D eigenvalue weighted by Crippen LogP contribution is -2.48. The molecule has 2 aromatic rings. The maximum atomic E-state index is 12.0. The highest BCUT2D eigenvalue weighted by molar-refractivity contribution is 6.37. The number of rotatable bonds is 2. The molecule has 0 N–H and O–H groups in total. The topological polar surface area (TPSA) is 66.2 Å². The van der Waals surface area contributed by atoms with Gasteiger partial charge in [-0.15, -0.1) is 0 Å². The Morgan fingerprint density at radius 2 is 2.16 bits per heavy atom. The van der Waals surface area contributed by atoms with Crippen molar-refractivity contribution in [2.24, 2.45) is 11.3 Å². The molecule has 0 amide bonds. The van der Waals surface area contributed by atoms with Gasteiger partial charge in [0.05, 0.1) is 22.8 Å².